The first-order valence-electron chi connectivity index (χ1n) is 4.69. The summed E-state index contributed by atoms with van der Waals surface area (Å²) in [6.45, 7) is 2.58. The van der Waals surface area contributed by atoms with Gasteiger partial charge in [-0.15, -0.1) is 4.91 Å². The molecule has 0 saturated carbocycles. The van der Waals surface area contributed by atoms with Gasteiger partial charge in [-0.2, -0.15) is 0 Å². The van der Waals surface area contributed by atoms with Crippen molar-refractivity contribution in [3.63, 3.8) is 0 Å². The van der Waals surface area contributed by atoms with Crippen LogP contribution in [0.4, 0.5) is 0 Å². The van der Waals surface area contributed by atoms with Crippen molar-refractivity contribution in [2.75, 3.05) is 13.1 Å². The monoisotopic (exact) mass is 198 g/mol. The highest BCUT2D eigenvalue weighted by Gasteiger charge is 2.22. The predicted octanol–water partition coefficient (Wildman–Crippen LogP) is 1.55. The molecule has 1 aliphatic heterocycles. The van der Waals surface area contributed by atoms with Gasteiger partial charge in [-0.1, -0.05) is 0 Å². The second kappa shape index (κ2) is 4.74. The molecule has 0 spiro atoms. The van der Waals surface area contributed by atoms with Crippen molar-refractivity contribution < 1.29 is 9.90 Å². The molecule has 14 heavy (non-hydrogen) atoms. The molecule has 0 aromatic rings. The fourth-order valence-electron chi connectivity index (χ4n) is 1.51. The number of rotatable bonds is 2. The van der Waals surface area contributed by atoms with Crippen LogP contribution in [0.5, 0.6) is 0 Å². The first-order valence-corrected chi connectivity index (χ1v) is 4.69. The number of piperidine rings is 1. The van der Waals surface area contributed by atoms with E-state index in [4.69, 9.17) is 5.11 Å². The molecule has 78 valence electrons. The van der Waals surface area contributed by atoms with Gasteiger partial charge in [0.2, 0.25) is 5.70 Å². The van der Waals surface area contributed by atoms with Gasteiger partial charge in [0.1, 0.15) is 5.76 Å². The maximum atomic E-state index is 11.6. The molecule has 1 rings (SSSR count). The van der Waals surface area contributed by atoms with Crippen molar-refractivity contribution in [1.29, 1.82) is 0 Å². The molecule has 1 amide bonds. The van der Waals surface area contributed by atoms with Crippen molar-refractivity contribution in [3.05, 3.63) is 16.4 Å². The lowest BCUT2D eigenvalue weighted by Crippen LogP contribution is -2.36. The highest BCUT2D eigenvalue weighted by molar-refractivity contribution is 5.93. The lowest BCUT2D eigenvalue weighted by Gasteiger charge is -2.26. The van der Waals surface area contributed by atoms with E-state index in [1.165, 1.54) is 6.92 Å². The molecule has 0 aromatic heterocycles. The molecule has 0 radical (unpaired) electrons. The van der Waals surface area contributed by atoms with Crippen molar-refractivity contribution in [3.8, 4) is 0 Å². The Hall–Kier alpha value is -1.39. The highest BCUT2D eigenvalue weighted by atomic mass is 16.3. The first kappa shape index (κ1) is 10.7. The van der Waals surface area contributed by atoms with Gasteiger partial charge >= 0.3 is 0 Å². The number of aliphatic hydroxyl groups excluding tert-OH is 1. The Kier molecular flexibility index (Phi) is 3.62. The first-order chi connectivity index (χ1) is 6.66. The number of allylic oxidation sites excluding steroid dienone is 1. The molecule has 1 N–H and O–H groups in total. The Morgan fingerprint density at radius 1 is 1.29 bits per heavy atom. The lowest BCUT2D eigenvalue weighted by atomic mass is 10.1. The van der Waals surface area contributed by atoms with E-state index in [1.54, 1.807) is 4.90 Å². The third-order valence-corrected chi connectivity index (χ3v) is 2.28. The summed E-state index contributed by atoms with van der Waals surface area (Å²) in [6, 6.07) is 0. The molecule has 0 unspecified atom stereocenters. The van der Waals surface area contributed by atoms with Crippen LogP contribution in [0.1, 0.15) is 26.2 Å². The van der Waals surface area contributed by atoms with E-state index < -0.39 is 5.91 Å². The SMILES string of the molecule is CC(O)=C(N=O)C(=O)N1CCCCC1. The Balaban J connectivity index is 2.72. The number of hydrogen-bond donors (Lipinski definition) is 1. The third kappa shape index (κ3) is 2.31. The summed E-state index contributed by atoms with van der Waals surface area (Å²) in [6.07, 6.45) is 3.00. The van der Waals surface area contributed by atoms with Crippen LogP contribution in [0.3, 0.4) is 0 Å². The number of carbonyl (C=O) groups is 1. The van der Waals surface area contributed by atoms with Crippen molar-refractivity contribution in [2.24, 2.45) is 5.18 Å². The minimum Gasteiger partial charge on any atom is -0.510 e. The van der Waals surface area contributed by atoms with E-state index in [9.17, 15) is 9.70 Å². The van der Waals surface area contributed by atoms with E-state index >= 15 is 0 Å². The fraction of sp³-hybridized carbons (Fsp3) is 0.667. The predicted molar refractivity (Wildman–Crippen MR) is 51.6 cm³/mol. The maximum Gasteiger partial charge on any atom is 0.279 e. The van der Waals surface area contributed by atoms with Gasteiger partial charge in [-0.25, -0.2) is 0 Å². The van der Waals surface area contributed by atoms with Crippen LogP contribution in [0.2, 0.25) is 0 Å². The zero-order valence-electron chi connectivity index (χ0n) is 8.19. The number of nitrogens with zero attached hydrogens (tertiary/aromatic N) is 2. The zero-order chi connectivity index (χ0) is 10.6. The number of aliphatic hydroxyl groups is 1. The van der Waals surface area contributed by atoms with Gasteiger partial charge in [-0.3, -0.25) is 4.79 Å². The summed E-state index contributed by atoms with van der Waals surface area (Å²) in [7, 11) is 0. The summed E-state index contributed by atoms with van der Waals surface area (Å²) in [5.41, 5.74) is -0.369. The van der Waals surface area contributed by atoms with Crippen LogP contribution in [0, 0.1) is 4.91 Å². The second-order valence-corrected chi connectivity index (χ2v) is 3.38. The van der Waals surface area contributed by atoms with Gasteiger partial charge in [-0.05, 0) is 31.4 Å². The summed E-state index contributed by atoms with van der Waals surface area (Å²) in [5, 5.41) is 11.6. The van der Waals surface area contributed by atoms with E-state index in [0.717, 1.165) is 19.3 Å². The minimum atomic E-state index is -0.459. The van der Waals surface area contributed by atoms with E-state index in [-0.39, 0.29) is 11.5 Å². The van der Waals surface area contributed by atoms with Crippen LogP contribution < -0.4 is 0 Å². The van der Waals surface area contributed by atoms with Crippen LogP contribution in [-0.2, 0) is 4.79 Å². The van der Waals surface area contributed by atoms with E-state index in [0.29, 0.717) is 13.1 Å². The third-order valence-electron chi connectivity index (χ3n) is 2.28. The Morgan fingerprint density at radius 3 is 2.29 bits per heavy atom. The molecular weight excluding hydrogens is 184 g/mol. The Morgan fingerprint density at radius 2 is 1.86 bits per heavy atom. The molecule has 1 aliphatic rings. The minimum absolute atomic E-state index is 0.310. The van der Waals surface area contributed by atoms with Crippen molar-refractivity contribution in [2.45, 2.75) is 26.2 Å². The topological polar surface area (TPSA) is 70.0 Å². The molecule has 1 fully saturated rings. The molecule has 0 atom stereocenters. The molecular formula is C9H14N2O3. The number of amides is 1. The van der Waals surface area contributed by atoms with Gasteiger partial charge in [0.25, 0.3) is 5.91 Å². The van der Waals surface area contributed by atoms with Gasteiger partial charge in [0, 0.05) is 13.1 Å². The second-order valence-electron chi connectivity index (χ2n) is 3.38. The summed E-state index contributed by atoms with van der Waals surface area (Å²) >= 11 is 0. The smallest absolute Gasteiger partial charge is 0.279 e. The average molecular weight is 198 g/mol. The molecule has 5 nitrogen and oxygen atoms in total. The summed E-state index contributed by atoms with van der Waals surface area (Å²) in [5.74, 6) is -0.768. The molecule has 1 heterocycles. The largest absolute Gasteiger partial charge is 0.510 e. The van der Waals surface area contributed by atoms with Crippen LogP contribution in [0.15, 0.2) is 16.6 Å². The quantitative estimate of drug-likeness (QED) is 0.416. The average Bonchev–Trinajstić information content (AvgIpc) is 2.19. The van der Waals surface area contributed by atoms with Crippen LogP contribution in [-0.4, -0.2) is 29.0 Å². The van der Waals surface area contributed by atoms with E-state index in [1.807, 2.05) is 0 Å². The Labute approximate surface area is 82.4 Å². The Bertz CT molecular complexity index is 263. The molecule has 0 bridgehead atoms. The zero-order valence-corrected chi connectivity index (χ0v) is 8.19. The molecule has 5 heteroatoms. The maximum absolute atomic E-state index is 11.6. The highest BCUT2D eigenvalue weighted by Crippen LogP contribution is 2.14. The summed E-state index contributed by atoms with van der Waals surface area (Å²) in [4.78, 5) is 23.5. The fourth-order valence-corrected chi connectivity index (χ4v) is 1.51. The number of carbonyl (C=O) groups excluding carboxylic acids is 1. The van der Waals surface area contributed by atoms with Crippen molar-refractivity contribution in [1.82, 2.24) is 4.90 Å². The lowest BCUT2D eigenvalue weighted by molar-refractivity contribution is -0.128. The molecule has 1 saturated heterocycles. The van der Waals surface area contributed by atoms with Gasteiger partial charge < -0.3 is 10.0 Å². The van der Waals surface area contributed by atoms with Crippen molar-refractivity contribution >= 4 is 5.91 Å². The number of hydrogen-bond acceptors (Lipinski definition) is 4. The van der Waals surface area contributed by atoms with E-state index in [2.05, 4.69) is 5.18 Å². The van der Waals surface area contributed by atoms with Gasteiger partial charge in [0.15, 0.2) is 0 Å². The van der Waals surface area contributed by atoms with Crippen LogP contribution in [0.25, 0.3) is 0 Å². The molecule has 0 aromatic carbocycles. The number of likely N-dealkylation sites (tertiary alicyclic amines) is 1. The van der Waals surface area contributed by atoms with Gasteiger partial charge in [0.05, 0.1) is 0 Å². The van der Waals surface area contributed by atoms with Crippen LogP contribution >= 0.6 is 0 Å². The molecule has 0 aliphatic carbocycles. The number of nitroso groups, excluding NO2 is 1. The summed E-state index contributed by atoms with van der Waals surface area (Å²) < 4.78 is 0. The standard InChI is InChI=1S/C9H14N2O3/c1-7(12)8(10-14)9(13)11-5-3-2-4-6-11/h12H,2-6H2,1H3. The normalized spacial score (nSPS) is 18.8.